The fraction of sp³-hybridized carbons (Fsp3) is 0.263. The minimum atomic E-state index is -0.595. The fourth-order valence-electron chi connectivity index (χ4n) is 2.42. The molecule has 0 atom stereocenters. The molecule has 0 spiro atoms. The van der Waals surface area contributed by atoms with Crippen LogP contribution in [0.4, 0.5) is 8.78 Å². The molecule has 122 valence electrons. The molecule has 0 saturated heterocycles. The van der Waals surface area contributed by atoms with Crippen LogP contribution in [-0.2, 0) is 6.42 Å². The fourth-order valence-corrected chi connectivity index (χ4v) is 2.42. The van der Waals surface area contributed by atoms with Crippen LogP contribution >= 0.6 is 0 Å². The van der Waals surface area contributed by atoms with Crippen LogP contribution in [0.2, 0.25) is 0 Å². The predicted octanol–water partition coefficient (Wildman–Crippen LogP) is 5.10. The zero-order chi connectivity index (χ0) is 16.8. The average molecular weight is 318 g/mol. The average Bonchev–Trinajstić information content (AvgIpc) is 2.54. The molecule has 0 aliphatic rings. The second kappa shape index (κ2) is 7.77. The van der Waals surface area contributed by atoms with E-state index in [0.29, 0.717) is 5.56 Å². The minimum Gasteiger partial charge on any atom is -0.496 e. The van der Waals surface area contributed by atoms with E-state index < -0.39 is 11.6 Å². The van der Waals surface area contributed by atoms with Crippen LogP contribution in [0.5, 0.6) is 11.5 Å². The highest BCUT2D eigenvalue weighted by molar-refractivity contribution is 5.72. The lowest BCUT2D eigenvalue weighted by Crippen LogP contribution is -1.97. The molecule has 0 fully saturated rings. The Bertz CT molecular complexity index is 684. The van der Waals surface area contributed by atoms with Gasteiger partial charge < -0.3 is 9.47 Å². The van der Waals surface area contributed by atoms with Crippen molar-refractivity contribution in [2.75, 3.05) is 14.2 Å². The molecule has 0 aliphatic heterocycles. The molecule has 0 unspecified atom stereocenters. The number of ether oxygens (including phenoxy) is 2. The topological polar surface area (TPSA) is 18.5 Å². The van der Waals surface area contributed by atoms with Gasteiger partial charge in [-0.3, -0.25) is 0 Å². The lowest BCUT2D eigenvalue weighted by molar-refractivity contribution is 0.385. The summed E-state index contributed by atoms with van der Waals surface area (Å²) in [5, 5.41) is 0. The van der Waals surface area contributed by atoms with Crippen LogP contribution in [0.25, 0.3) is 12.2 Å². The summed E-state index contributed by atoms with van der Waals surface area (Å²) in [6.45, 7) is 2.09. The van der Waals surface area contributed by atoms with Gasteiger partial charge in [0.1, 0.15) is 23.1 Å². The van der Waals surface area contributed by atoms with E-state index in [1.54, 1.807) is 26.4 Å². The van der Waals surface area contributed by atoms with Crippen LogP contribution in [0, 0.1) is 11.6 Å². The molecule has 0 heterocycles. The van der Waals surface area contributed by atoms with Crippen molar-refractivity contribution in [3.8, 4) is 11.5 Å². The van der Waals surface area contributed by atoms with Gasteiger partial charge in [0, 0.05) is 17.2 Å². The lowest BCUT2D eigenvalue weighted by Gasteiger charge is -2.14. The third kappa shape index (κ3) is 4.09. The van der Waals surface area contributed by atoms with E-state index in [-0.39, 0.29) is 0 Å². The van der Waals surface area contributed by atoms with Gasteiger partial charge in [0.15, 0.2) is 0 Å². The summed E-state index contributed by atoms with van der Waals surface area (Å²) in [4.78, 5) is 0. The van der Waals surface area contributed by atoms with Gasteiger partial charge in [-0.15, -0.1) is 0 Å². The van der Waals surface area contributed by atoms with E-state index in [1.807, 2.05) is 12.1 Å². The Morgan fingerprint density at radius 3 is 2.13 bits per heavy atom. The molecule has 2 nitrogen and oxygen atoms in total. The van der Waals surface area contributed by atoms with Gasteiger partial charge in [0.05, 0.1) is 14.2 Å². The molecular formula is C19H20F2O2. The molecule has 0 N–H and O–H groups in total. The zero-order valence-electron chi connectivity index (χ0n) is 13.5. The van der Waals surface area contributed by atoms with Crippen LogP contribution in [0.15, 0.2) is 30.3 Å². The molecule has 2 aromatic carbocycles. The van der Waals surface area contributed by atoms with Crippen molar-refractivity contribution in [2.45, 2.75) is 19.8 Å². The van der Waals surface area contributed by atoms with Gasteiger partial charge in [-0.2, -0.15) is 0 Å². The van der Waals surface area contributed by atoms with E-state index in [1.165, 1.54) is 12.1 Å². The molecule has 2 rings (SSSR count). The molecular weight excluding hydrogens is 298 g/mol. The predicted molar refractivity (Wildman–Crippen MR) is 88.8 cm³/mol. The van der Waals surface area contributed by atoms with Crippen molar-refractivity contribution < 1.29 is 18.3 Å². The molecule has 0 radical (unpaired) electrons. The second-order valence-electron chi connectivity index (χ2n) is 5.15. The smallest absolute Gasteiger partial charge is 0.133 e. The number of hydrogen-bond acceptors (Lipinski definition) is 2. The summed E-state index contributed by atoms with van der Waals surface area (Å²) >= 11 is 0. The zero-order valence-corrected chi connectivity index (χ0v) is 13.5. The molecule has 2 aromatic rings. The van der Waals surface area contributed by atoms with Crippen molar-refractivity contribution in [3.05, 3.63) is 58.7 Å². The van der Waals surface area contributed by atoms with Crippen LogP contribution in [0.3, 0.4) is 0 Å². The molecule has 0 aromatic heterocycles. The number of halogens is 2. The minimum absolute atomic E-state index is 0.321. The van der Waals surface area contributed by atoms with Gasteiger partial charge in [-0.05, 0) is 36.2 Å². The van der Waals surface area contributed by atoms with E-state index in [0.717, 1.165) is 41.5 Å². The first-order valence-corrected chi connectivity index (χ1v) is 7.47. The van der Waals surface area contributed by atoms with Gasteiger partial charge in [-0.25, -0.2) is 8.78 Å². The summed E-state index contributed by atoms with van der Waals surface area (Å²) in [6.07, 6.45) is 5.17. The van der Waals surface area contributed by atoms with E-state index >= 15 is 0 Å². The molecule has 0 saturated carbocycles. The van der Waals surface area contributed by atoms with Crippen molar-refractivity contribution in [1.82, 2.24) is 0 Å². The maximum absolute atomic E-state index is 13.7. The molecule has 0 amide bonds. The van der Waals surface area contributed by atoms with Crippen LogP contribution in [0.1, 0.15) is 30.0 Å². The second-order valence-corrected chi connectivity index (χ2v) is 5.15. The summed E-state index contributed by atoms with van der Waals surface area (Å²) in [5.41, 5.74) is 2.16. The van der Waals surface area contributed by atoms with Crippen LogP contribution < -0.4 is 9.47 Å². The standard InChI is InChI=1S/C19H20F2O2/c1-4-5-16-18(22-2)10-13(11-19(16)23-3)6-7-14-8-9-15(20)12-17(14)21/h6-12H,4-5H2,1-3H3. The molecule has 4 heteroatoms. The van der Waals surface area contributed by atoms with Gasteiger partial charge in [0.2, 0.25) is 0 Å². The lowest BCUT2D eigenvalue weighted by atomic mass is 10.0. The number of hydrogen-bond donors (Lipinski definition) is 0. The van der Waals surface area contributed by atoms with E-state index in [2.05, 4.69) is 6.92 Å². The molecule has 23 heavy (non-hydrogen) atoms. The van der Waals surface area contributed by atoms with Gasteiger partial charge >= 0.3 is 0 Å². The Hall–Kier alpha value is -2.36. The molecule has 0 aliphatic carbocycles. The normalized spacial score (nSPS) is 11.0. The van der Waals surface area contributed by atoms with Crippen molar-refractivity contribution in [2.24, 2.45) is 0 Å². The first-order chi connectivity index (χ1) is 11.1. The highest BCUT2D eigenvalue weighted by Crippen LogP contribution is 2.32. The van der Waals surface area contributed by atoms with Gasteiger partial charge in [0.25, 0.3) is 0 Å². The third-order valence-electron chi connectivity index (χ3n) is 3.55. The largest absolute Gasteiger partial charge is 0.496 e. The maximum atomic E-state index is 13.7. The highest BCUT2D eigenvalue weighted by atomic mass is 19.1. The molecule has 0 bridgehead atoms. The first kappa shape index (κ1) is 17.0. The summed E-state index contributed by atoms with van der Waals surface area (Å²) in [7, 11) is 3.22. The van der Waals surface area contributed by atoms with Crippen molar-refractivity contribution >= 4 is 12.2 Å². The Kier molecular flexibility index (Phi) is 5.74. The maximum Gasteiger partial charge on any atom is 0.133 e. The third-order valence-corrected chi connectivity index (χ3v) is 3.55. The van der Waals surface area contributed by atoms with E-state index in [9.17, 15) is 8.78 Å². The first-order valence-electron chi connectivity index (χ1n) is 7.47. The number of rotatable bonds is 6. The van der Waals surface area contributed by atoms with Crippen molar-refractivity contribution in [3.63, 3.8) is 0 Å². The number of methoxy groups -OCH3 is 2. The Morgan fingerprint density at radius 2 is 1.61 bits per heavy atom. The monoisotopic (exact) mass is 318 g/mol. The SMILES string of the molecule is CCCc1c(OC)cc(C=Cc2ccc(F)cc2F)cc1OC. The van der Waals surface area contributed by atoms with Crippen molar-refractivity contribution in [1.29, 1.82) is 0 Å². The Balaban J connectivity index is 2.37. The Morgan fingerprint density at radius 1 is 0.957 bits per heavy atom. The summed E-state index contributed by atoms with van der Waals surface area (Å²) < 4.78 is 37.5. The summed E-state index contributed by atoms with van der Waals surface area (Å²) in [5.74, 6) is 0.297. The quantitative estimate of drug-likeness (QED) is 0.690. The van der Waals surface area contributed by atoms with Crippen LogP contribution in [-0.4, -0.2) is 14.2 Å². The summed E-state index contributed by atoms with van der Waals surface area (Å²) in [6, 6.07) is 7.26. The Labute approximate surface area is 135 Å². The van der Waals surface area contributed by atoms with E-state index in [4.69, 9.17) is 9.47 Å². The van der Waals surface area contributed by atoms with Gasteiger partial charge in [-0.1, -0.05) is 25.5 Å². The number of benzene rings is 2. The highest BCUT2D eigenvalue weighted by Gasteiger charge is 2.11.